The van der Waals surface area contributed by atoms with Crippen molar-refractivity contribution in [3.8, 4) is 0 Å². The Labute approximate surface area is 113 Å². The molecule has 0 atom stereocenters. The fraction of sp³-hybridized carbons (Fsp3) is 0.231. The number of aromatic amines is 1. The van der Waals surface area contributed by atoms with Crippen LogP contribution in [0.3, 0.4) is 0 Å². The van der Waals surface area contributed by atoms with Gasteiger partial charge >= 0.3 is 0 Å². The number of H-pyrrole nitrogens is 1. The van der Waals surface area contributed by atoms with Crippen LogP contribution in [0.15, 0.2) is 18.3 Å². The molecule has 0 saturated carbocycles. The second-order valence-electron chi connectivity index (χ2n) is 4.22. The standard InChI is InChI=1S/C13H12F3N3O/c1-7-18-6-8(19-7)4-5-17-13(20)9-2-3-10(14)12(16)11(9)15/h2-3,6H,4-5H2,1H3,(H,17,20)(H,18,19). The van der Waals surface area contributed by atoms with Gasteiger partial charge in [0.2, 0.25) is 0 Å². The van der Waals surface area contributed by atoms with E-state index in [1.165, 1.54) is 0 Å². The average Bonchev–Trinajstić information content (AvgIpc) is 2.82. The molecule has 0 aliphatic heterocycles. The van der Waals surface area contributed by atoms with E-state index in [0.29, 0.717) is 12.5 Å². The summed E-state index contributed by atoms with van der Waals surface area (Å²) in [6, 6.07) is 1.62. The van der Waals surface area contributed by atoms with Crippen molar-refractivity contribution >= 4 is 5.91 Å². The maximum Gasteiger partial charge on any atom is 0.254 e. The molecule has 0 bridgehead atoms. The van der Waals surface area contributed by atoms with Gasteiger partial charge in [0.15, 0.2) is 17.5 Å². The lowest BCUT2D eigenvalue weighted by molar-refractivity contribution is 0.0948. The summed E-state index contributed by atoms with van der Waals surface area (Å²) in [5.74, 6) is -4.51. The van der Waals surface area contributed by atoms with Gasteiger partial charge in [-0.3, -0.25) is 4.79 Å². The molecule has 0 aliphatic carbocycles. The van der Waals surface area contributed by atoms with Crippen molar-refractivity contribution in [1.82, 2.24) is 15.3 Å². The number of aryl methyl sites for hydroxylation is 1. The van der Waals surface area contributed by atoms with Crippen LogP contribution in [0.1, 0.15) is 21.9 Å². The van der Waals surface area contributed by atoms with Gasteiger partial charge in [0.25, 0.3) is 5.91 Å². The molecule has 0 aliphatic rings. The minimum atomic E-state index is -1.65. The molecule has 0 spiro atoms. The first-order valence-electron chi connectivity index (χ1n) is 5.91. The first-order chi connectivity index (χ1) is 9.49. The van der Waals surface area contributed by atoms with Gasteiger partial charge in [-0.25, -0.2) is 18.2 Å². The summed E-state index contributed by atoms with van der Waals surface area (Å²) in [5.41, 5.74) is 0.290. The fourth-order valence-electron chi connectivity index (χ4n) is 1.71. The quantitative estimate of drug-likeness (QED) is 0.844. The second-order valence-corrected chi connectivity index (χ2v) is 4.22. The lowest BCUT2D eigenvalue weighted by Crippen LogP contribution is -2.27. The van der Waals surface area contributed by atoms with Gasteiger partial charge in [-0.2, -0.15) is 0 Å². The highest BCUT2D eigenvalue weighted by atomic mass is 19.2. The molecule has 1 heterocycles. The number of halogens is 3. The van der Waals surface area contributed by atoms with Gasteiger partial charge in [0.05, 0.1) is 5.56 Å². The summed E-state index contributed by atoms with van der Waals surface area (Å²) in [6.07, 6.45) is 2.09. The summed E-state index contributed by atoms with van der Waals surface area (Å²) >= 11 is 0. The van der Waals surface area contributed by atoms with E-state index < -0.39 is 28.9 Å². The van der Waals surface area contributed by atoms with E-state index in [-0.39, 0.29) is 6.54 Å². The van der Waals surface area contributed by atoms with Gasteiger partial charge in [0.1, 0.15) is 5.82 Å². The number of nitrogens with one attached hydrogen (secondary N) is 2. The topological polar surface area (TPSA) is 57.8 Å². The van der Waals surface area contributed by atoms with Crippen molar-refractivity contribution in [1.29, 1.82) is 0 Å². The molecular formula is C13H12F3N3O. The van der Waals surface area contributed by atoms with E-state index in [1.807, 2.05) is 0 Å². The van der Waals surface area contributed by atoms with Gasteiger partial charge in [-0.05, 0) is 19.1 Å². The number of amides is 1. The van der Waals surface area contributed by atoms with Crippen molar-refractivity contribution in [2.45, 2.75) is 13.3 Å². The van der Waals surface area contributed by atoms with E-state index in [1.54, 1.807) is 13.1 Å². The zero-order valence-electron chi connectivity index (χ0n) is 10.6. The molecule has 0 fully saturated rings. The Morgan fingerprint density at radius 3 is 2.70 bits per heavy atom. The number of rotatable bonds is 4. The van der Waals surface area contributed by atoms with E-state index in [0.717, 1.165) is 17.6 Å². The van der Waals surface area contributed by atoms with E-state index in [9.17, 15) is 18.0 Å². The Bertz CT molecular complexity index is 640. The predicted molar refractivity (Wildman–Crippen MR) is 65.7 cm³/mol. The molecule has 20 heavy (non-hydrogen) atoms. The van der Waals surface area contributed by atoms with Gasteiger partial charge in [0, 0.05) is 24.9 Å². The third kappa shape index (κ3) is 2.98. The molecule has 2 N–H and O–H groups in total. The predicted octanol–water partition coefficient (Wildman–Crippen LogP) is 2.11. The third-order valence-corrected chi connectivity index (χ3v) is 2.72. The average molecular weight is 283 g/mol. The van der Waals surface area contributed by atoms with E-state index in [4.69, 9.17) is 0 Å². The summed E-state index contributed by atoms with van der Waals surface area (Å²) in [7, 11) is 0. The van der Waals surface area contributed by atoms with Crippen LogP contribution in [-0.2, 0) is 6.42 Å². The zero-order valence-corrected chi connectivity index (χ0v) is 10.6. The molecule has 106 valence electrons. The smallest absolute Gasteiger partial charge is 0.254 e. The number of nitrogens with zero attached hydrogens (tertiary/aromatic N) is 1. The summed E-state index contributed by atoms with van der Waals surface area (Å²) < 4.78 is 39.1. The summed E-state index contributed by atoms with van der Waals surface area (Å²) in [6.45, 7) is 2.01. The van der Waals surface area contributed by atoms with Gasteiger partial charge in [-0.1, -0.05) is 0 Å². The maximum absolute atomic E-state index is 13.4. The minimum Gasteiger partial charge on any atom is -0.352 e. The normalized spacial score (nSPS) is 10.6. The van der Waals surface area contributed by atoms with Crippen LogP contribution in [-0.4, -0.2) is 22.4 Å². The number of hydrogen-bond donors (Lipinski definition) is 2. The molecule has 0 saturated heterocycles. The fourth-order valence-corrected chi connectivity index (χ4v) is 1.71. The second kappa shape index (κ2) is 5.77. The molecule has 2 aromatic rings. The lowest BCUT2D eigenvalue weighted by atomic mass is 10.2. The Morgan fingerprint density at radius 1 is 1.30 bits per heavy atom. The number of carbonyl (C=O) groups is 1. The van der Waals surface area contributed by atoms with Crippen molar-refractivity contribution in [3.05, 3.63) is 52.9 Å². The number of aromatic nitrogens is 2. The highest BCUT2D eigenvalue weighted by Gasteiger charge is 2.18. The highest BCUT2D eigenvalue weighted by molar-refractivity contribution is 5.94. The molecule has 1 aromatic heterocycles. The number of hydrogen-bond acceptors (Lipinski definition) is 2. The van der Waals surface area contributed by atoms with Crippen LogP contribution in [0.2, 0.25) is 0 Å². The van der Waals surface area contributed by atoms with Gasteiger partial charge < -0.3 is 10.3 Å². The Hall–Kier alpha value is -2.31. The van der Waals surface area contributed by atoms with Crippen molar-refractivity contribution < 1.29 is 18.0 Å². The van der Waals surface area contributed by atoms with Crippen LogP contribution >= 0.6 is 0 Å². The summed E-state index contributed by atoms with van der Waals surface area (Å²) in [4.78, 5) is 18.6. The molecule has 0 unspecified atom stereocenters. The van der Waals surface area contributed by atoms with Gasteiger partial charge in [-0.15, -0.1) is 0 Å². The molecule has 2 rings (SSSR count). The third-order valence-electron chi connectivity index (χ3n) is 2.72. The Morgan fingerprint density at radius 2 is 2.05 bits per heavy atom. The monoisotopic (exact) mass is 283 g/mol. The molecular weight excluding hydrogens is 271 g/mol. The Kier molecular flexibility index (Phi) is 4.07. The van der Waals surface area contributed by atoms with Crippen molar-refractivity contribution in [2.24, 2.45) is 0 Å². The first-order valence-corrected chi connectivity index (χ1v) is 5.91. The molecule has 1 aromatic carbocycles. The van der Waals surface area contributed by atoms with Crippen molar-refractivity contribution in [3.63, 3.8) is 0 Å². The summed E-state index contributed by atoms with van der Waals surface area (Å²) in [5, 5.41) is 2.43. The van der Waals surface area contributed by atoms with Crippen LogP contribution in [0.4, 0.5) is 13.2 Å². The SMILES string of the molecule is Cc1ncc(CCNC(=O)c2ccc(F)c(F)c2F)[nH]1. The largest absolute Gasteiger partial charge is 0.352 e. The number of imidazole rings is 1. The van der Waals surface area contributed by atoms with Crippen LogP contribution in [0.25, 0.3) is 0 Å². The van der Waals surface area contributed by atoms with Crippen LogP contribution < -0.4 is 5.32 Å². The molecule has 1 amide bonds. The number of carbonyl (C=O) groups excluding carboxylic acids is 1. The highest BCUT2D eigenvalue weighted by Crippen LogP contribution is 2.14. The molecule has 0 radical (unpaired) electrons. The molecule has 4 nitrogen and oxygen atoms in total. The molecule has 7 heteroatoms. The van der Waals surface area contributed by atoms with Crippen LogP contribution in [0.5, 0.6) is 0 Å². The minimum absolute atomic E-state index is 0.221. The lowest BCUT2D eigenvalue weighted by Gasteiger charge is -2.06. The van der Waals surface area contributed by atoms with E-state index >= 15 is 0 Å². The van der Waals surface area contributed by atoms with Crippen LogP contribution in [0, 0.1) is 24.4 Å². The maximum atomic E-state index is 13.4. The first kappa shape index (κ1) is 14.1. The van der Waals surface area contributed by atoms with Crippen molar-refractivity contribution in [2.75, 3.05) is 6.54 Å². The van der Waals surface area contributed by atoms with E-state index in [2.05, 4.69) is 15.3 Å². The Balaban J connectivity index is 1.97. The zero-order chi connectivity index (χ0) is 14.7. The number of benzene rings is 1.